The van der Waals surface area contributed by atoms with E-state index in [1.165, 1.54) is 4.90 Å². The van der Waals surface area contributed by atoms with Crippen LogP contribution in [0.1, 0.15) is 72.3 Å². The van der Waals surface area contributed by atoms with Gasteiger partial charge in [0.15, 0.2) is 6.29 Å². The van der Waals surface area contributed by atoms with Crippen molar-refractivity contribution >= 4 is 23.6 Å². The molecule has 1 saturated heterocycles. The Balaban J connectivity index is 1.11. The fraction of sp³-hybridized carbons (Fsp3) is 0.333. The van der Waals surface area contributed by atoms with Gasteiger partial charge >= 0.3 is 0 Å². The summed E-state index contributed by atoms with van der Waals surface area (Å²) in [6, 6.07) is 19.6. The number of carbonyl (C=O) groups excluding carboxylic acids is 4. The smallest absolute Gasteiger partial charge is 0.261 e. The van der Waals surface area contributed by atoms with Crippen LogP contribution >= 0.6 is 0 Å². The number of nitrogens with zero attached hydrogens (tertiary/aromatic N) is 1. The van der Waals surface area contributed by atoms with E-state index in [9.17, 15) is 19.2 Å². The van der Waals surface area contributed by atoms with Gasteiger partial charge in [-0.05, 0) is 36.2 Å². The molecule has 0 aliphatic carbocycles. The summed E-state index contributed by atoms with van der Waals surface area (Å²) < 4.78 is 17.7. The van der Waals surface area contributed by atoms with E-state index < -0.39 is 17.7 Å². The van der Waals surface area contributed by atoms with E-state index in [2.05, 4.69) is 17.6 Å². The standard InChI is InChI=1S/C33H33N3O7/c1-3-33(21-9-5-4-6-10-21)19-43-28-25(30(38)34-2)15-20(16-26(28)33)29(37)35-14-13-27-41-17-22(18-42-27)36-31(39)23-11-7-8-12-24(23)32(36)40/h4-12,15-16,22,27H,3,13-14,17-19H2,1-2H3,(H,34,38)(H,35,37). The largest absolute Gasteiger partial charge is 0.491 e. The minimum Gasteiger partial charge on any atom is -0.491 e. The van der Waals surface area contributed by atoms with Crippen LogP contribution in [-0.4, -0.2) is 74.3 Å². The number of imide groups is 1. The van der Waals surface area contributed by atoms with Crippen LogP contribution in [0.3, 0.4) is 0 Å². The fourth-order valence-corrected chi connectivity index (χ4v) is 6.13. The lowest BCUT2D eigenvalue weighted by atomic mass is 9.73. The summed E-state index contributed by atoms with van der Waals surface area (Å²) in [7, 11) is 1.55. The molecule has 4 amide bonds. The molecule has 3 aromatic carbocycles. The number of hydrogen-bond acceptors (Lipinski definition) is 7. The number of nitrogens with one attached hydrogen (secondary N) is 2. The summed E-state index contributed by atoms with van der Waals surface area (Å²) in [5, 5.41) is 5.56. The molecule has 0 radical (unpaired) electrons. The maximum absolute atomic E-state index is 13.3. The topological polar surface area (TPSA) is 123 Å². The molecule has 3 aliphatic rings. The Morgan fingerprint density at radius 2 is 1.58 bits per heavy atom. The maximum atomic E-state index is 13.3. The highest BCUT2D eigenvalue weighted by Crippen LogP contribution is 2.47. The van der Waals surface area contributed by atoms with Crippen LogP contribution in [0.15, 0.2) is 66.7 Å². The van der Waals surface area contributed by atoms with E-state index in [0.717, 1.165) is 17.5 Å². The number of benzene rings is 3. The Morgan fingerprint density at radius 1 is 0.930 bits per heavy atom. The third kappa shape index (κ3) is 4.96. The molecule has 0 bridgehead atoms. The van der Waals surface area contributed by atoms with E-state index in [-0.39, 0.29) is 43.4 Å². The second-order valence-electron chi connectivity index (χ2n) is 10.9. The number of hydrogen-bond donors (Lipinski definition) is 2. The number of carbonyl (C=O) groups is 4. The average molecular weight is 584 g/mol. The van der Waals surface area contributed by atoms with E-state index in [4.69, 9.17) is 14.2 Å². The van der Waals surface area contributed by atoms with Crippen molar-refractivity contribution in [3.63, 3.8) is 0 Å². The third-order valence-electron chi connectivity index (χ3n) is 8.54. The molecule has 0 saturated carbocycles. The number of ether oxygens (including phenoxy) is 3. The minimum absolute atomic E-state index is 0.142. The zero-order valence-electron chi connectivity index (χ0n) is 24.1. The zero-order valence-corrected chi connectivity index (χ0v) is 24.1. The van der Waals surface area contributed by atoms with Gasteiger partial charge < -0.3 is 24.8 Å². The first-order valence-corrected chi connectivity index (χ1v) is 14.4. The molecule has 222 valence electrons. The summed E-state index contributed by atoms with van der Waals surface area (Å²) in [5.74, 6) is -0.865. The van der Waals surface area contributed by atoms with E-state index in [1.54, 1.807) is 37.4 Å². The first kappa shape index (κ1) is 28.6. The second kappa shape index (κ2) is 11.6. The molecule has 2 N–H and O–H groups in total. The first-order valence-electron chi connectivity index (χ1n) is 14.4. The van der Waals surface area contributed by atoms with Crippen molar-refractivity contribution in [2.45, 2.75) is 37.5 Å². The van der Waals surface area contributed by atoms with Gasteiger partial charge in [-0.3, -0.25) is 24.1 Å². The zero-order chi connectivity index (χ0) is 30.1. The molecular formula is C33H33N3O7. The molecule has 3 heterocycles. The predicted octanol–water partition coefficient (Wildman–Crippen LogP) is 3.29. The van der Waals surface area contributed by atoms with Gasteiger partial charge in [-0.15, -0.1) is 0 Å². The average Bonchev–Trinajstić information content (AvgIpc) is 3.56. The SMILES string of the molecule is CCC1(c2ccccc2)COc2c(C(=O)NC)cc(C(=O)NCCC3OCC(N4C(=O)c5ccccc5C4=O)CO3)cc21. The monoisotopic (exact) mass is 583 g/mol. The van der Waals surface area contributed by atoms with Crippen LogP contribution in [0.2, 0.25) is 0 Å². The van der Waals surface area contributed by atoms with Crippen molar-refractivity contribution in [1.29, 1.82) is 0 Å². The van der Waals surface area contributed by atoms with Gasteiger partial charge in [-0.2, -0.15) is 0 Å². The summed E-state index contributed by atoms with van der Waals surface area (Å²) in [6.45, 7) is 2.98. The molecule has 0 aromatic heterocycles. The van der Waals surface area contributed by atoms with Crippen molar-refractivity contribution in [2.24, 2.45) is 0 Å². The van der Waals surface area contributed by atoms with Crippen molar-refractivity contribution in [2.75, 3.05) is 33.4 Å². The van der Waals surface area contributed by atoms with Gasteiger partial charge in [0.25, 0.3) is 23.6 Å². The molecule has 1 unspecified atom stereocenters. The van der Waals surface area contributed by atoms with Crippen LogP contribution in [-0.2, 0) is 14.9 Å². The van der Waals surface area contributed by atoms with Crippen molar-refractivity contribution in [1.82, 2.24) is 15.5 Å². The Kier molecular flexibility index (Phi) is 7.72. The van der Waals surface area contributed by atoms with E-state index in [0.29, 0.717) is 41.0 Å². The highest BCUT2D eigenvalue weighted by atomic mass is 16.7. The Morgan fingerprint density at radius 3 is 2.21 bits per heavy atom. The normalized spacial score (nSPS) is 22.5. The molecule has 10 heteroatoms. The molecule has 1 atom stereocenters. The number of amides is 4. The fourth-order valence-electron chi connectivity index (χ4n) is 6.13. The summed E-state index contributed by atoms with van der Waals surface area (Å²) >= 11 is 0. The maximum Gasteiger partial charge on any atom is 0.261 e. The quantitative estimate of drug-likeness (QED) is 0.390. The number of fused-ring (bicyclic) bond motifs is 2. The van der Waals surface area contributed by atoms with Crippen LogP contribution in [0, 0.1) is 0 Å². The van der Waals surface area contributed by atoms with Gasteiger partial charge in [0.2, 0.25) is 0 Å². The van der Waals surface area contributed by atoms with Gasteiger partial charge in [0, 0.05) is 31.1 Å². The molecular weight excluding hydrogens is 550 g/mol. The molecule has 10 nitrogen and oxygen atoms in total. The lowest BCUT2D eigenvalue weighted by molar-refractivity contribution is -0.198. The van der Waals surface area contributed by atoms with Crippen LogP contribution in [0.5, 0.6) is 5.75 Å². The minimum atomic E-state index is -0.604. The molecule has 6 rings (SSSR count). The highest BCUT2D eigenvalue weighted by molar-refractivity contribution is 6.21. The van der Waals surface area contributed by atoms with E-state index >= 15 is 0 Å². The van der Waals surface area contributed by atoms with Gasteiger partial charge in [-0.25, -0.2) is 0 Å². The summed E-state index contributed by atoms with van der Waals surface area (Å²) in [6.07, 6.45) is 0.479. The lowest BCUT2D eigenvalue weighted by Gasteiger charge is -2.33. The van der Waals surface area contributed by atoms with Crippen LogP contribution < -0.4 is 15.4 Å². The van der Waals surface area contributed by atoms with Crippen LogP contribution in [0.25, 0.3) is 0 Å². The third-order valence-corrected chi connectivity index (χ3v) is 8.54. The molecule has 3 aromatic rings. The lowest BCUT2D eigenvalue weighted by Crippen LogP contribution is -2.50. The Hall–Kier alpha value is -4.54. The van der Waals surface area contributed by atoms with Gasteiger partial charge in [0.05, 0.1) is 41.4 Å². The summed E-state index contributed by atoms with van der Waals surface area (Å²) in [5.41, 5.74) is 2.82. The van der Waals surface area contributed by atoms with Gasteiger partial charge in [0.1, 0.15) is 12.4 Å². The number of rotatable bonds is 8. The summed E-state index contributed by atoms with van der Waals surface area (Å²) in [4.78, 5) is 52.9. The molecule has 0 spiro atoms. The van der Waals surface area contributed by atoms with Crippen molar-refractivity contribution in [3.8, 4) is 5.75 Å². The molecule has 43 heavy (non-hydrogen) atoms. The van der Waals surface area contributed by atoms with Crippen molar-refractivity contribution < 1.29 is 33.4 Å². The predicted molar refractivity (Wildman–Crippen MR) is 156 cm³/mol. The Bertz CT molecular complexity index is 1550. The molecule has 3 aliphatic heterocycles. The first-order chi connectivity index (χ1) is 20.9. The second-order valence-corrected chi connectivity index (χ2v) is 10.9. The van der Waals surface area contributed by atoms with E-state index in [1.807, 2.05) is 36.4 Å². The Labute approximate surface area is 249 Å². The van der Waals surface area contributed by atoms with Crippen molar-refractivity contribution in [3.05, 3.63) is 100 Å². The highest BCUT2D eigenvalue weighted by Gasteiger charge is 2.44. The molecule has 1 fully saturated rings. The van der Waals surface area contributed by atoms with Crippen LogP contribution in [0.4, 0.5) is 0 Å². The van der Waals surface area contributed by atoms with Gasteiger partial charge in [-0.1, -0.05) is 49.4 Å².